The Morgan fingerprint density at radius 2 is 1.91 bits per heavy atom. The summed E-state index contributed by atoms with van der Waals surface area (Å²) in [6.45, 7) is 10.7. The summed E-state index contributed by atoms with van der Waals surface area (Å²) in [4.78, 5) is 12.2. The van der Waals surface area contributed by atoms with Gasteiger partial charge in [-0.15, -0.1) is 4.72 Å². The van der Waals surface area contributed by atoms with Gasteiger partial charge < -0.3 is 9.29 Å². The SMILES string of the molecule is CCOC(=O)[C@@H](C)[C@](C)(N[S+]([O-])C(C)(C)C)c1ccccc1F. The molecule has 1 rings (SSSR count). The zero-order chi connectivity index (χ0) is 17.8. The van der Waals surface area contributed by atoms with Crippen molar-refractivity contribution >= 4 is 17.3 Å². The van der Waals surface area contributed by atoms with Crippen molar-refractivity contribution in [3.63, 3.8) is 0 Å². The average molecular weight is 343 g/mol. The van der Waals surface area contributed by atoms with E-state index in [9.17, 15) is 13.7 Å². The fraction of sp³-hybridized carbons (Fsp3) is 0.588. The molecule has 6 heteroatoms. The molecule has 1 N–H and O–H groups in total. The number of halogens is 1. The van der Waals surface area contributed by atoms with Gasteiger partial charge in [0.05, 0.1) is 12.5 Å². The van der Waals surface area contributed by atoms with Gasteiger partial charge in [0.1, 0.15) is 16.1 Å². The van der Waals surface area contributed by atoms with Gasteiger partial charge in [0.15, 0.2) is 0 Å². The number of rotatable bonds is 6. The largest absolute Gasteiger partial charge is 0.598 e. The number of carbonyl (C=O) groups excluding carboxylic acids is 1. The van der Waals surface area contributed by atoms with E-state index in [2.05, 4.69) is 4.72 Å². The summed E-state index contributed by atoms with van der Waals surface area (Å²) >= 11 is -1.48. The topological polar surface area (TPSA) is 61.4 Å². The Morgan fingerprint density at radius 3 is 2.39 bits per heavy atom. The number of nitrogens with one attached hydrogen (secondary N) is 1. The van der Waals surface area contributed by atoms with Crippen molar-refractivity contribution in [2.45, 2.75) is 51.8 Å². The summed E-state index contributed by atoms with van der Waals surface area (Å²) < 4.78 is 34.4. The van der Waals surface area contributed by atoms with Crippen LogP contribution in [0.1, 0.15) is 47.1 Å². The molecular formula is C17H26FNO3S. The second-order valence-corrected chi connectivity index (χ2v) is 8.61. The Hall–Kier alpha value is -1.11. The first kappa shape index (κ1) is 19.9. The molecule has 0 saturated heterocycles. The highest BCUT2D eigenvalue weighted by Gasteiger charge is 2.45. The summed E-state index contributed by atoms with van der Waals surface area (Å²) in [5.74, 6) is -1.63. The third-order valence-corrected chi connectivity index (χ3v) is 5.52. The molecule has 23 heavy (non-hydrogen) atoms. The van der Waals surface area contributed by atoms with E-state index in [0.717, 1.165) is 0 Å². The summed E-state index contributed by atoms with van der Waals surface area (Å²) in [6.07, 6.45) is 0. The standard InChI is InChI=1S/C17H26FNO3S/c1-7-22-15(20)12(2)17(6,19-23(21)16(3,4)5)13-10-8-9-11-14(13)18/h8-12,19H,7H2,1-6H3/t12-,17+,23?/m1/s1. The number of carbonyl (C=O) groups is 1. The van der Waals surface area contributed by atoms with Gasteiger partial charge in [-0.3, -0.25) is 4.79 Å². The Bertz CT molecular complexity index is 547. The predicted octanol–water partition coefficient (Wildman–Crippen LogP) is 3.29. The molecule has 1 aromatic rings. The van der Waals surface area contributed by atoms with Crippen LogP contribution in [0.2, 0.25) is 0 Å². The van der Waals surface area contributed by atoms with E-state index < -0.39 is 39.4 Å². The van der Waals surface area contributed by atoms with Gasteiger partial charge in [0.25, 0.3) is 0 Å². The second kappa shape index (κ2) is 7.64. The number of esters is 1. The van der Waals surface area contributed by atoms with Gasteiger partial charge >= 0.3 is 5.97 Å². The average Bonchev–Trinajstić information content (AvgIpc) is 2.45. The minimum atomic E-state index is -1.48. The lowest BCUT2D eigenvalue weighted by Crippen LogP contribution is -2.55. The van der Waals surface area contributed by atoms with Gasteiger partial charge in [-0.05, 0) is 47.6 Å². The summed E-state index contributed by atoms with van der Waals surface area (Å²) in [5.41, 5.74) is -0.867. The molecule has 0 aliphatic heterocycles. The Balaban J connectivity index is 3.30. The first-order chi connectivity index (χ1) is 10.5. The van der Waals surface area contributed by atoms with Gasteiger partial charge in [-0.2, -0.15) is 0 Å². The van der Waals surface area contributed by atoms with Gasteiger partial charge in [0.2, 0.25) is 0 Å². The normalized spacial score (nSPS) is 17.2. The molecule has 0 saturated carbocycles. The zero-order valence-corrected chi connectivity index (χ0v) is 15.4. The third kappa shape index (κ3) is 4.68. The molecule has 0 radical (unpaired) electrons. The van der Waals surface area contributed by atoms with E-state index in [1.807, 2.05) is 20.8 Å². The quantitative estimate of drug-likeness (QED) is 0.636. The maximum atomic E-state index is 14.4. The van der Waals surface area contributed by atoms with Crippen LogP contribution >= 0.6 is 0 Å². The molecule has 0 bridgehead atoms. The first-order valence-electron chi connectivity index (χ1n) is 7.65. The van der Waals surface area contributed by atoms with E-state index in [0.29, 0.717) is 0 Å². The molecule has 0 aromatic heterocycles. The van der Waals surface area contributed by atoms with E-state index in [1.54, 1.807) is 39.0 Å². The highest BCUT2D eigenvalue weighted by molar-refractivity contribution is 7.90. The van der Waals surface area contributed by atoms with Crippen molar-refractivity contribution < 1.29 is 18.5 Å². The first-order valence-corrected chi connectivity index (χ1v) is 8.80. The van der Waals surface area contributed by atoms with Crippen LogP contribution in [0.15, 0.2) is 24.3 Å². The molecule has 130 valence electrons. The van der Waals surface area contributed by atoms with Crippen LogP contribution < -0.4 is 4.72 Å². The van der Waals surface area contributed by atoms with E-state index >= 15 is 0 Å². The zero-order valence-electron chi connectivity index (χ0n) is 14.6. The Morgan fingerprint density at radius 1 is 1.35 bits per heavy atom. The Labute approximate surface area is 141 Å². The van der Waals surface area contributed by atoms with Crippen molar-refractivity contribution in [2.24, 2.45) is 5.92 Å². The molecule has 4 nitrogen and oxygen atoms in total. The molecule has 0 fully saturated rings. The van der Waals surface area contributed by atoms with Crippen molar-refractivity contribution in [3.05, 3.63) is 35.6 Å². The molecule has 0 aliphatic carbocycles. The van der Waals surface area contributed by atoms with Crippen LogP contribution in [0.3, 0.4) is 0 Å². The van der Waals surface area contributed by atoms with Gasteiger partial charge in [-0.25, -0.2) is 4.39 Å². The van der Waals surface area contributed by atoms with E-state index in [4.69, 9.17) is 4.74 Å². The minimum Gasteiger partial charge on any atom is -0.598 e. The molecule has 0 amide bonds. The van der Waals surface area contributed by atoms with E-state index in [-0.39, 0.29) is 12.2 Å². The molecule has 1 unspecified atom stereocenters. The molecule has 0 aliphatic rings. The fourth-order valence-electron chi connectivity index (χ4n) is 2.11. The maximum absolute atomic E-state index is 14.4. The molecule has 1 aromatic carbocycles. The van der Waals surface area contributed by atoms with Crippen molar-refractivity contribution in [1.29, 1.82) is 0 Å². The number of hydrogen-bond acceptors (Lipinski definition) is 4. The third-order valence-electron chi connectivity index (χ3n) is 3.80. The highest BCUT2D eigenvalue weighted by Crippen LogP contribution is 2.34. The van der Waals surface area contributed by atoms with Gasteiger partial charge in [0, 0.05) is 16.9 Å². The summed E-state index contributed by atoms with van der Waals surface area (Å²) in [5, 5.41) is 0. The van der Waals surface area contributed by atoms with Crippen LogP contribution in [-0.4, -0.2) is 21.9 Å². The number of hydrogen-bond donors (Lipinski definition) is 1. The highest BCUT2D eigenvalue weighted by atomic mass is 32.2. The predicted molar refractivity (Wildman–Crippen MR) is 90.6 cm³/mol. The summed E-state index contributed by atoms with van der Waals surface area (Å²) in [6, 6.07) is 6.19. The number of benzene rings is 1. The summed E-state index contributed by atoms with van der Waals surface area (Å²) in [7, 11) is 0. The van der Waals surface area contributed by atoms with Crippen molar-refractivity contribution in [1.82, 2.24) is 4.72 Å². The van der Waals surface area contributed by atoms with Crippen LogP contribution in [-0.2, 0) is 26.4 Å². The second-order valence-electron chi connectivity index (χ2n) is 6.64. The molecule has 0 heterocycles. The lowest BCUT2D eigenvalue weighted by atomic mass is 9.81. The van der Waals surface area contributed by atoms with Crippen molar-refractivity contribution in [2.75, 3.05) is 6.61 Å². The maximum Gasteiger partial charge on any atom is 0.311 e. The lowest BCUT2D eigenvalue weighted by Gasteiger charge is -2.38. The molecule has 3 atom stereocenters. The molecule has 0 spiro atoms. The monoisotopic (exact) mass is 343 g/mol. The lowest BCUT2D eigenvalue weighted by molar-refractivity contribution is -0.150. The molecular weight excluding hydrogens is 317 g/mol. The van der Waals surface area contributed by atoms with Crippen LogP contribution in [0.25, 0.3) is 0 Å². The Kier molecular flexibility index (Phi) is 6.62. The smallest absolute Gasteiger partial charge is 0.311 e. The van der Waals surface area contributed by atoms with Gasteiger partial charge in [-0.1, -0.05) is 18.2 Å². The van der Waals surface area contributed by atoms with Crippen molar-refractivity contribution in [3.8, 4) is 0 Å². The fourth-order valence-corrected chi connectivity index (χ4v) is 3.09. The van der Waals surface area contributed by atoms with E-state index in [1.165, 1.54) is 6.07 Å². The number of ether oxygens (including phenoxy) is 1. The minimum absolute atomic E-state index is 0.235. The van der Waals surface area contributed by atoms with Crippen LogP contribution in [0.4, 0.5) is 4.39 Å². The van der Waals surface area contributed by atoms with Crippen LogP contribution in [0, 0.1) is 11.7 Å². The van der Waals surface area contributed by atoms with Crippen LogP contribution in [0.5, 0.6) is 0 Å².